The van der Waals surface area contributed by atoms with E-state index in [-0.39, 0.29) is 6.61 Å². The van der Waals surface area contributed by atoms with E-state index in [1.54, 1.807) is 30.6 Å². The summed E-state index contributed by atoms with van der Waals surface area (Å²) in [6, 6.07) is 7.10. The number of ether oxygens (including phenoxy) is 1. The number of carbonyl (C=O) groups is 1. The van der Waals surface area contributed by atoms with Gasteiger partial charge in [0.15, 0.2) is 0 Å². The van der Waals surface area contributed by atoms with Gasteiger partial charge in [0.25, 0.3) is 0 Å². The molecule has 0 atom stereocenters. The standard InChI is InChI=1S/C14H12N4O2S/c1-10-9-21-13(16-10)8-20-14(19)11-4-2-3-5-12(11)18-7-6-15-17-18/h2-7,9H,8H2,1H3. The number of esters is 1. The van der Waals surface area contributed by atoms with E-state index in [2.05, 4.69) is 15.3 Å². The van der Waals surface area contributed by atoms with Crippen LogP contribution in [0.5, 0.6) is 0 Å². The fourth-order valence-corrected chi connectivity index (χ4v) is 2.54. The van der Waals surface area contributed by atoms with Crippen molar-refractivity contribution in [2.75, 3.05) is 0 Å². The molecule has 0 saturated heterocycles. The number of carbonyl (C=O) groups excluding carboxylic acids is 1. The Hall–Kier alpha value is -2.54. The molecule has 0 saturated carbocycles. The predicted molar refractivity (Wildman–Crippen MR) is 77.3 cm³/mol. The molecule has 0 bridgehead atoms. The molecule has 7 heteroatoms. The molecular weight excluding hydrogens is 288 g/mol. The van der Waals surface area contributed by atoms with Gasteiger partial charge in [-0.15, -0.1) is 16.4 Å². The normalized spacial score (nSPS) is 10.5. The molecular formula is C14H12N4O2S. The van der Waals surface area contributed by atoms with E-state index < -0.39 is 5.97 Å². The Labute approximate surface area is 125 Å². The molecule has 6 nitrogen and oxygen atoms in total. The number of aryl methyl sites for hydroxylation is 1. The van der Waals surface area contributed by atoms with Crippen molar-refractivity contribution in [1.82, 2.24) is 20.0 Å². The van der Waals surface area contributed by atoms with Gasteiger partial charge >= 0.3 is 5.97 Å². The smallest absolute Gasteiger partial charge is 0.340 e. The third-order valence-electron chi connectivity index (χ3n) is 2.79. The van der Waals surface area contributed by atoms with Crippen LogP contribution in [-0.2, 0) is 11.3 Å². The van der Waals surface area contributed by atoms with Crippen molar-refractivity contribution in [3.8, 4) is 5.69 Å². The van der Waals surface area contributed by atoms with Crippen LogP contribution in [0.4, 0.5) is 0 Å². The number of para-hydroxylation sites is 1. The van der Waals surface area contributed by atoms with E-state index in [1.165, 1.54) is 16.0 Å². The van der Waals surface area contributed by atoms with Crippen LogP contribution in [0.1, 0.15) is 21.1 Å². The zero-order valence-electron chi connectivity index (χ0n) is 11.3. The van der Waals surface area contributed by atoms with Crippen LogP contribution in [0.25, 0.3) is 5.69 Å². The van der Waals surface area contributed by atoms with E-state index in [0.717, 1.165) is 10.7 Å². The van der Waals surface area contributed by atoms with Crippen LogP contribution in [-0.4, -0.2) is 25.9 Å². The molecule has 0 unspecified atom stereocenters. The molecule has 0 radical (unpaired) electrons. The van der Waals surface area contributed by atoms with Crippen molar-refractivity contribution in [1.29, 1.82) is 0 Å². The van der Waals surface area contributed by atoms with Crippen molar-refractivity contribution in [2.45, 2.75) is 13.5 Å². The first-order valence-corrected chi connectivity index (χ1v) is 7.16. The SMILES string of the molecule is Cc1csc(COC(=O)c2ccccc2-n2ccnn2)n1. The molecule has 3 aromatic rings. The molecule has 1 aromatic carbocycles. The minimum Gasteiger partial charge on any atom is -0.455 e. The fourth-order valence-electron chi connectivity index (χ4n) is 1.86. The van der Waals surface area contributed by atoms with E-state index in [1.807, 2.05) is 18.4 Å². The van der Waals surface area contributed by atoms with E-state index in [0.29, 0.717) is 11.3 Å². The Morgan fingerprint density at radius 3 is 2.95 bits per heavy atom. The number of hydrogen-bond acceptors (Lipinski definition) is 6. The Bertz CT molecular complexity index is 752. The second-order valence-corrected chi connectivity index (χ2v) is 5.27. The van der Waals surface area contributed by atoms with Gasteiger partial charge in [0.2, 0.25) is 0 Å². The number of thiazole rings is 1. The summed E-state index contributed by atoms with van der Waals surface area (Å²) in [5.74, 6) is -0.408. The molecule has 0 fully saturated rings. The third-order valence-corrected chi connectivity index (χ3v) is 3.73. The van der Waals surface area contributed by atoms with Crippen LogP contribution in [0.3, 0.4) is 0 Å². The summed E-state index contributed by atoms with van der Waals surface area (Å²) >= 11 is 1.47. The summed E-state index contributed by atoms with van der Waals surface area (Å²) in [6.07, 6.45) is 3.23. The van der Waals surface area contributed by atoms with Crippen molar-refractivity contribution in [2.24, 2.45) is 0 Å². The second-order valence-electron chi connectivity index (χ2n) is 4.32. The lowest BCUT2D eigenvalue weighted by Gasteiger charge is -2.08. The van der Waals surface area contributed by atoms with Crippen LogP contribution in [0.2, 0.25) is 0 Å². The molecule has 0 aliphatic rings. The number of rotatable bonds is 4. The first-order valence-electron chi connectivity index (χ1n) is 6.28. The van der Waals surface area contributed by atoms with Crippen LogP contribution in [0, 0.1) is 6.92 Å². The highest BCUT2D eigenvalue weighted by Gasteiger charge is 2.15. The largest absolute Gasteiger partial charge is 0.455 e. The number of aromatic nitrogens is 4. The van der Waals surface area contributed by atoms with Crippen molar-refractivity contribution >= 4 is 17.3 Å². The third kappa shape index (κ3) is 2.97. The molecule has 0 aliphatic carbocycles. The van der Waals surface area contributed by atoms with Crippen molar-refractivity contribution < 1.29 is 9.53 Å². The van der Waals surface area contributed by atoms with Gasteiger partial charge in [0, 0.05) is 11.1 Å². The molecule has 0 amide bonds. The second kappa shape index (κ2) is 5.84. The summed E-state index contributed by atoms with van der Waals surface area (Å²) in [5, 5.41) is 10.3. The lowest BCUT2D eigenvalue weighted by Crippen LogP contribution is -2.10. The van der Waals surface area contributed by atoms with Gasteiger partial charge in [-0.1, -0.05) is 17.3 Å². The monoisotopic (exact) mass is 300 g/mol. The van der Waals surface area contributed by atoms with E-state index >= 15 is 0 Å². The van der Waals surface area contributed by atoms with Gasteiger partial charge in [0.1, 0.15) is 11.6 Å². The Balaban J connectivity index is 1.79. The topological polar surface area (TPSA) is 69.9 Å². The predicted octanol–water partition coefficient (Wildman–Crippen LogP) is 2.39. The summed E-state index contributed by atoms with van der Waals surface area (Å²) in [6.45, 7) is 2.07. The molecule has 0 spiro atoms. The summed E-state index contributed by atoms with van der Waals surface area (Å²) in [5.41, 5.74) is 2.00. The number of hydrogen-bond donors (Lipinski definition) is 0. The lowest BCUT2D eigenvalue weighted by molar-refractivity contribution is 0.0472. The van der Waals surface area contributed by atoms with Crippen LogP contribution < -0.4 is 0 Å². The van der Waals surface area contributed by atoms with E-state index in [9.17, 15) is 4.79 Å². The minimum absolute atomic E-state index is 0.170. The summed E-state index contributed by atoms with van der Waals surface area (Å²) in [7, 11) is 0. The summed E-state index contributed by atoms with van der Waals surface area (Å²) < 4.78 is 6.85. The first-order chi connectivity index (χ1) is 10.2. The number of benzene rings is 1. The maximum absolute atomic E-state index is 12.2. The average Bonchev–Trinajstić information content (AvgIpc) is 3.16. The van der Waals surface area contributed by atoms with Gasteiger partial charge in [-0.25, -0.2) is 14.5 Å². The Morgan fingerprint density at radius 2 is 2.24 bits per heavy atom. The van der Waals surface area contributed by atoms with Crippen LogP contribution >= 0.6 is 11.3 Å². The average molecular weight is 300 g/mol. The molecule has 2 aromatic heterocycles. The Kier molecular flexibility index (Phi) is 3.74. The molecule has 2 heterocycles. The highest BCUT2D eigenvalue weighted by Crippen LogP contribution is 2.16. The van der Waals surface area contributed by atoms with Gasteiger partial charge in [0.05, 0.1) is 23.6 Å². The first kappa shape index (κ1) is 13.4. The summed E-state index contributed by atoms with van der Waals surface area (Å²) in [4.78, 5) is 16.5. The lowest BCUT2D eigenvalue weighted by atomic mass is 10.2. The van der Waals surface area contributed by atoms with Gasteiger partial charge in [-0.05, 0) is 19.1 Å². The van der Waals surface area contributed by atoms with Gasteiger partial charge < -0.3 is 4.74 Å². The zero-order chi connectivity index (χ0) is 14.7. The molecule has 0 aliphatic heterocycles. The van der Waals surface area contributed by atoms with Gasteiger partial charge in [-0.3, -0.25) is 0 Å². The number of nitrogens with zero attached hydrogens (tertiary/aromatic N) is 4. The fraction of sp³-hybridized carbons (Fsp3) is 0.143. The molecule has 0 N–H and O–H groups in total. The van der Waals surface area contributed by atoms with E-state index in [4.69, 9.17) is 4.74 Å². The maximum atomic E-state index is 12.2. The molecule has 21 heavy (non-hydrogen) atoms. The van der Waals surface area contributed by atoms with Crippen LogP contribution in [0.15, 0.2) is 42.0 Å². The highest BCUT2D eigenvalue weighted by molar-refractivity contribution is 7.09. The Morgan fingerprint density at radius 1 is 1.38 bits per heavy atom. The maximum Gasteiger partial charge on any atom is 0.340 e. The van der Waals surface area contributed by atoms with Crippen molar-refractivity contribution in [3.63, 3.8) is 0 Å². The molecule has 106 valence electrons. The zero-order valence-corrected chi connectivity index (χ0v) is 12.1. The quantitative estimate of drug-likeness (QED) is 0.692. The van der Waals surface area contributed by atoms with Gasteiger partial charge in [-0.2, -0.15) is 0 Å². The van der Waals surface area contributed by atoms with Crippen molar-refractivity contribution in [3.05, 3.63) is 58.3 Å². The highest BCUT2D eigenvalue weighted by atomic mass is 32.1. The minimum atomic E-state index is -0.408. The molecule has 3 rings (SSSR count).